The summed E-state index contributed by atoms with van der Waals surface area (Å²) in [5, 5.41) is 2.09. The molecule has 26 heavy (non-hydrogen) atoms. The predicted molar refractivity (Wildman–Crippen MR) is 109 cm³/mol. The van der Waals surface area contributed by atoms with Gasteiger partial charge in [-0.3, -0.25) is 0 Å². The number of hydrogen-bond donors (Lipinski definition) is 2. The average Bonchev–Trinajstić information content (AvgIpc) is 3.03. The van der Waals surface area contributed by atoms with Crippen molar-refractivity contribution < 1.29 is 9.47 Å². The minimum Gasteiger partial charge on any atom is -0.496 e. The zero-order valence-electron chi connectivity index (χ0n) is 14.9. The molecule has 1 heterocycles. The largest absolute Gasteiger partial charge is 0.496 e. The number of aromatic nitrogens is 1. The third-order valence-electron chi connectivity index (χ3n) is 4.53. The van der Waals surface area contributed by atoms with E-state index in [1.165, 1.54) is 0 Å². The molecular weight excluding hydrogens is 371 g/mol. The topological polar surface area (TPSA) is 60.3 Å². The molecule has 138 valence electrons. The molecular formula is C20H22Cl2N2O2. The van der Waals surface area contributed by atoms with Gasteiger partial charge in [0.05, 0.1) is 41.0 Å². The van der Waals surface area contributed by atoms with Crippen molar-refractivity contribution in [1.82, 2.24) is 4.98 Å². The van der Waals surface area contributed by atoms with Crippen LogP contribution in [0, 0.1) is 0 Å². The van der Waals surface area contributed by atoms with Crippen LogP contribution in [0.25, 0.3) is 22.2 Å². The van der Waals surface area contributed by atoms with Gasteiger partial charge >= 0.3 is 0 Å². The Morgan fingerprint density at radius 1 is 1.00 bits per heavy atom. The van der Waals surface area contributed by atoms with Gasteiger partial charge in [0.25, 0.3) is 0 Å². The molecule has 3 rings (SSSR count). The number of fused-ring (bicyclic) bond motifs is 1. The fourth-order valence-corrected chi connectivity index (χ4v) is 3.65. The Hall–Kier alpha value is -1.88. The number of H-pyrrole nitrogens is 1. The van der Waals surface area contributed by atoms with E-state index in [0.717, 1.165) is 58.5 Å². The van der Waals surface area contributed by atoms with E-state index in [-0.39, 0.29) is 0 Å². The van der Waals surface area contributed by atoms with Gasteiger partial charge in [0, 0.05) is 5.39 Å². The molecule has 3 aromatic rings. The summed E-state index contributed by atoms with van der Waals surface area (Å²) in [6.45, 7) is 0.669. The standard InChI is InChI=1S/C20H22Cl2N2O2/c1-25-15-7-5-8-16(26-2)17(15)19-12(6-3-4-11-23)13-9-10-14(21)18(22)20(13)24-19/h5,7-10,24H,3-4,6,11,23H2,1-2H3. The quantitative estimate of drug-likeness (QED) is 0.526. The van der Waals surface area contributed by atoms with E-state index in [0.29, 0.717) is 16.6 Å². The van der Waals surface area contributed by atoms with E-state index in [1.54, 1.807) is 14.2 Å². The highest BCUT2D eigenvalue weighted by Crippen LogP contribution is 2.44. The van der Waals surface area contributed by atoms with Gasteiger partial charge in [0.1, 0.15) is 11.5 Å². The van der Waals surface area contributed by atoms with Gasteiger partial charge < -0.3 is 20.2 Å². The Morgan fingerprint density at radius 2 is 1.69 bits per heavy atom. The minimum absolute atomic E-state index is 0.518. The van der Waals surface area contributed by atoms with E-state index in [4.69, 9.17) is 38.4 Å². The number of halogens is 2. The molecule has 2 aromatic carbocycles. The first-order valence-corrected chi connectivity index (χ1v) is 9.28. The van der Waals surface area contributed by atoms with Crippen molar-refractivity contribution in [2.75, 3.05) is 20.8 Å². The molecule has 0 aliphatic rings. The van der Waals surface area contributed by atoms with E-state index >= 15 is 0 Å². The normalized spacial score (nSPS) is 11.1. The summed E-state index contributed by atoms with van der Waals surface area (Å²) in [5.41, 5.74) is 9.48. The number of aromatic amines is 1. The Kier molecular flexibility index (Phi) is 5.97. The molecule has 0 aliphatic heterocycles. The van der Waals surface area contributed by atoms with E-state index < -0.39 is 0 Å². The lowest BCUT2D eigenvalue weighted by atomic mass is 9.99. The van der Waals surface area contributed by atoms with Gasteiger partial charge in [-0.1, -0.05) is 35.3 Å². The highest BCUT2D eigenvalue weighted by Gasteiger charge is 2.21. The summed E-state index contributed by atoms with van der Waals surface area (Å²) < 4.78 is 11.2. The van der Waals surface area contributed by atoms with Crippen LogP contribution in [0.4, 0.5) is 0 Å². The van der Waals surface area contributed by atoms with Crippen molar-refractivity contribution in [1.29, 1.82) is 0 Å². The lowest BCUT2D eigenvalue weighted by molar-refractivity contribution is 0.397. The summed E-state index contributed by atoms with van der Waals surface area (Å²) in [5.74, 6) is 1.47. The molecule has 0 fully saturated rings. The number of methoxy groups -OCH3 is 2. The highest BCUT2D eigenvalue weighted by molar-refractivity contribution is 6.45. The highest BCUT2D eigenvalue weighted by atomic mass is 35.5. The molecule has 6 heteroatoms. The SMILES string of the molecule is COc1cccc(OC)c1-c1[nH]c2c(Cl)c(Cl)ccc2c1CCCCN. The van der Waals surface area contributed by atoms with Gasteiger partial charge in [0.15, 0.2) is 0 Å². The number of hydrogen-bond acceptors (Lipinski definition) is 3. The van der Waals surface area contributed by atoms with Gasteiger partial charge in [-0.2, -0.15) is 0 Å². The second kappa shape index (κ2) is 8.21. The van der Waals surface area contributed by atoms with Gasteiger partial charge in [-0.05, 0) is 49.6 Å². The predicted octanol–water partition coefficient (Wildman–Crippen LogP) is 5.44. The zero-order valence-corrected chi connectivity index (χ0v) is 16.4. The minimum atomic E-state index is 0.518. The van der Waals surface area contributed by atoms with Crippen molar-refractivity contribution in [3.05, 3.63) is 45.9 Å². The number of nitrogens with one attached hydrogen (secondary N) is 1. The van der Waals surface area contributed by atoms with Crippen molar-refractivity contribution >= 4 is 34.1 Å². The summed E-state index contributed by atoms with van der Waals surface area (Å²) in [7, 11) is 3.30. The third kappa shape index (κ3) is 3.37. The maximum atomic E-state index is 6.46. The summed E-state index contributed by atoms with van der Waals surface area (Å²) in [4.78, 5) is 3.46. The van der Waals surface area contributed by atoms with Crippen LogP contribution in [0.2, 0.25) is 10.0 Å². The smallest absolute Gasteiger partial charge is 0.131 e. The Labute approximate surface area is 163 Å². The average molecular weight is 393 g/mol. The van der Waals surface area contributed by atoms with Crippen LogP contribution in [0.1, 0.15) is 18.4 Å². The molecule has 0 amide bonds. The lowest BCUT2D eigenvalue weighted by Gasteiger charge is -2.14. The number of rotatable bonds is 7. The second-order valence-corrected chi connectivity index (χ2v) is 6.83. The van der Waals surface area contributed by atoms with Crippen molar-refractivity contribution in [3.8, 4) is 22.8 Å². The molecule has 0 saturated heterocycles. The van der Waals surface area contributed by atoms with Gasteiger partial charge in [0.2, 0.25) is 0 Å². The number of nitrogens with two attached hydrogens (primary N) is 1. The molecule has 0 saturated carbocycles. The maximum absolute atomic E-state index is 6.46. The summed E-state index contributed by atoms with van der Waals surface area (Å²) in [6.07, 6.45) is 2.80. The maximum Gasteiger partial charge on any atom is 0.131 e. The van der Waals surface area contributed by atoms with Crippen molar-refractivity contribution in [2.45, 2.75) is 19.3 Å². The van der Waals surface area contributed by atoms with Crippen molar-refractivity contribution in [3.63, 3.8) is 0 Å². The molecule has 0 radical (unpaired) electrons. The molecule has 0 bridgehead atoms. The second-order valence-electron chi connectivity index (χ2n) is 6.05. The van der Waals surface area contributed by atoms with Crippen LogP contribution in [0.3, 0.4) is 0 Å². The summed E-state index contributed by atoms with van der Waals surface area (Å²) in [6, 6.07) is 9.57. The first-order valence-electron chi connectivity index (χ1n) is 8.52. The van der Waals surface area contributed by atoms with E-state index in [9.17, 15) is 0 Å². The monoisotopic (exact) mass is 392 g/mol. The Balaban J connectivity index is 2.28. The first-order chi connectivity index (χ1) is 12.6. The van der Waals surface area contributed by atoms with E-state index in [2.05, 4.69) is 4.98 Å². The van der Waals surface area contributed by atoms with Crippen LogP contribution in [-0.4, -0.2) is 25.7 Å². The Bertz CT molecular complexity index is 900. The molecule has 0 aliphatic carbocycles. The number of ether oxygens (including phenoxy) is 2. The van der Waals surface area contributed by atoms with Crippen LogP contribution in [0.15, 0.2) is 30.3 Å². The summed E-state index contributed by atoms with van der Waals surface area (Å²) >= 11 is 12.7. The fourth-order valence-electron chi connectivity index (χ4n) is 3.28. The third-order valence-corrected chi connectivity index (χ3v) is 5.33. The molecule has 0 atom stereocenters. The van der Waals surface area contributed by atoms with E-state index in [1.807, 2.05) is 30.3 Å². The molecule has 1 aromatic heterocycles. The lowest BCUT2D eigenvalue weighted by Crippen LogP contribution is -2.00. The number of benzene rings is 2. The molecule has 0 spiro atoms. The zero-order chi connectivity index (χ0) is 18.7. The van der Waals surface area contributed by atoms with Crippen LogP contribution < -0.4 is 15.2 Å². The van der Waals surface area contributed by atoms with Crippen LogP contribution >= 0.6 is 23.2 Å². The van der Waals surface area contributed by atoms with Crippen molar-refractivity contribution in [2.24, 2.45) is 5.73 Å². The van der Waals surface area contributed by atoms with Crippen LogP contribution in [0.5, 0.6) is 11.5 Å². The number of aryl methyl sites for hydroxylation is 1. The van der Waals surface area contributed by atoms with Gasteiger partial charge in [-0.15, -0.1) is 0 Å². The molecule has 3 N–H and O–H groups in total. The van der Waals surface area contributed by atoms with Gasteiger partial charge in [-0.25, -0.2) is 0 Å². The fraction of sp³-hybridized carbons (Fsp3) is 0.300. The number of unbranched alkanes of at least 4 members (excludes halogenated alkanes) is 1. The first kappa shape index (κ1) is 18.9. The molecule has 4 nitrogen and oxygen atoms in total. The Morgan fingerprint density at radius 3 is 2.31 bits per heavy atom. The molecule has 0 unspecified atom stereocenters. The van der Waals surface area contributed by atoms with Crippen LogP contribution in [-0.2, 0) is 6.42 Å².